The lowest BCUT2D eigenvalue weighted by atomic mass is 10.2. The lowest BCUT2D eigenvalue weighted by Gasteiger charge is -2.19. The molecule has 0 saturated carbocycles. The van der Waals surface area contributed by atoms with Crippen molar-refractivity contribution >= 4 is 5.91 Å². The van der Waals surface area contributed by atoms with Gasteiger partial charge < -0.3 is 20.1 Å². The molecule has 2 N–H and O–H groups in total. The van der Waals surface area contributed by atoms with Crippen molar-refractivity contribution in [1.29, 1.82) is 0 Å². The van der Waals surface area contributed by atoms with Crippen LogP contribution in [0.15, 0.2) is 0 Å². The first kappa shape index (κ1) is 18.4. The van der Waals surface area contributed by atoms with Gasteiger partial charge in [0.05, 0.1) is 6.04 Å². The fourth-order valence-electron chi connectivity index (χ4n) is 1.55. The van der Waals surface area contributed by atoms with Crippen LogP contribution in [0.3, 0.4) is 0 Å². The SMILES string of the molecule is CCOC(CCNC(C)C(=O)NCC(C)C)OCC. The quantitative estimate of drug-likeness (QED) is 0.561. The summed E-state index contributed by atoms with van der Waals surface area (Å²) in [5.74, 6) is 0.509. The van der Waals surface area contributed by atoms with Crippen LogP contribution >= 0.6 is 0 Å². The summed E-state index contributed by atoms with van der Waals surface area (Å²) in [6.07, 6.45) is 0.553. The predicted octanol–water partition coefficient (Wildman–Crippen LogP) is 1.53. The number of ether oxygens (including phenoxy) is 2. The normalized spacial score (nSPS) is 13.0. The Bertz CT molecular complexity index is 229. The highest BCUT2D eigenvalue weighted by Crippen LogP contribution is 2.00. The molecule has 5 nitrogen and oxygen atoms in total. The number of carbonyl (C=O) groups excluding carboxylic acids is 1. The van der Waals surface area contributed by atoms with E-state index < -0.39 is 0 Å². The maximum atomic E-state index is 11.7. The van der Waals surface area contributed by atoms with Gasteiger partial charge in [-0.1, -0.05) is 13.8 Å². The number of rotatable bonds is 11. The van der Waals surface area contributed by atoms with Gasteiger partial charge in [-0.2, -0.15) is 0 Å². The predicted molar refractivity (Wildman–Crippen MR) is 77.0 cm³/mol. The van der Waals surface area contributed by atoms with Gasteiger partial charge in [-0.15, -0.1) is 0 Å². The Balaban J connectivity index is 3.81. The summed E-state index contributed by atoms with van der Waals surface area (Å²) in [4.78, 5) is 11.7. The Labute approximate surface area is 117 Å². The molecule has 0 heterocycles. The molecule has 1 atom stereocenters. The molecule has 0 aliphatic heterocycles. The highest BCUT2D eigenvalue weighted by molar-refractivity contribution is 5.81. The van der Waals surface area contributed by atoms with E-state index in [-0.39, 0.29) is 18.2 Å². The molecule has 1 unspecified atom stereocenters. The largest absolute Gasteiger partial charge is 0.354 e. The molecule has 19 heavy (non-hydrogen) atoms. The molecular weight excluding hydrogens is 244 g/mol. The third-order valence-corrected chi connectivity index (χ3v) is 2.61. The third-order valence-electron chi connectivity index (χ3n) is 2.61. The van der Waals surface area contributed by atoms with Crippen LogP contribution < -0.4 is 10.6 Å². The Morgan fingerprint density at radius 2 is 1.68 bits per heavy atom. The van der Waals surface area contributed by atoms with Crippen LogP contribution in [0.2, 0.25) is 0 Å². The zero-order valence-corrected chi connectivity index (χ0v) is 13.0. The van der Waals surface area contributed by atoms with Crippen molar-refractivity contribution in [3.63, 3.8) is 0 Å². The van der Waals surface area contributed by atoms with Crippen LogP contribution in [-0.2, 0) is 14.3 Å². The lowest BCUT2D eigenvalue weighted by Crippen LogP contribution is -2.44. The summed E-state index contributed by atoms with van der Waals surface area (Å²) in [5, 5.41) is 6.09. The molecular formula is C14H30N2O3. The Hall–Kier alpha value is -0.650. The second-order valence-corrected chi connectivity index (χ2v) is 4.94. The van der Waals surface area contributed by atoms with E-state index in [1.165, 1.54) is 0 Å². The van der Waals surface area contributed by atoms with Crippen LogP contribution in [-0.4, -0.2) is 44.5 Å². The van der Waals surface area contributed by atoms with Gasteiger partial charge >= 0.3 is 0 Å². The van der Waals surface area contributed by atoms with Gasteiger partial charge in [0.25, 0.3) is 0 Å². The molecule has 114 valence electrons. The molecule has 0 spiro atoms. The fourth-order valence-corrected chi connectivity index (χ4v) is 1.55. The summed E-state index contributed by atoms with van der Waals surface area (Å²) < 4.78 is 10.9. The van der Waals surface area contributed by atoms with Gasteiger partial charge in [0.1, 0.15) is 0 Å². The smallest absolute Gasteiger partial charge is 0.236 e. The lowest BCUT2D eigenvalue weighted by molar-refractivity contribution is -0.139. The minimum atomic E-state index is -0.192. The monoisotopic (exact) mass is 274 g/mol. The van der Waals surface area contributed by atoms with Gasteiger partial charge in [0.15, 0.2) is 6.29 Å². The van der Waals surface area contributed by atoms with Crippen molar-refractivity contribution in [3.8, 4) is 0 Å². The van der Waals surface area contributed by atoms with Gasteiger partial charge in [-0.05, 0) is 26.7 Å². The Morgan fingerprint density at radius 1 is 1.11 bits per heavy atom. The summed E-state index contributed by atoms with van der Waals surface area (Å²) in [6.45, 7) is 12.6. The Morgan fingerprint density at radius 3 is 2.16 bits per heavy atom. The summed E-state index contributed by atoms with van der Waals surface area (Å²) in [5.41, 5.74) is 0. The van der Waals surface area contributed by atoms with Crippen LogP contribution in [0.5, 0.6) is 0 Å². The summed E-state index contributed by atoms with van der Waals surface area (Å²) >= 11 is 0. The summed E-state index contributed by atoms with van der Waals surface area (Å²) in [6, 6.07) is -0.192. The average Bonchev–Trinajstić information content (AvgIpc) is 2.36. The maximum Gasteiger partial charge on any atom is 0.236 e. The van der Waals surface area contributed by atoms with E-state index >= 15 is 0 Å². The minimum absolute atomic E-state index is 0.0399. The second kappa shape index (κ2) is 11.2. The molecule has 5 heteroatoms. The number of amides is 1. The Kier molecular flexibility index (Phi) is 10.8. The van der Waals surface area contributed by atoms with Gasteiger partial charge in [-0.25, -0.2) is 0 Å². The van der Waals surface area contributed by atoms with Crippen LogP contribution in [0.1, 0.15) is 41.0 Å². The van der Waals surface area contributed by atoms with E-state index in [2.05, 4.69) is 24.5 Å². The van der Waals surface area contributed by atoms with Crippen molar-refractivity contribution in [2.45, 2.75) is 53.4 Å². The van der Waals surface area contributed by atoms with E-state index in [1.54, 1.807) is 0 Å². The zero-order chi connectivity index (χ0) is 14.7. The molecule has 0 aromatic heterocycles. The third kappa shape index (κ3) is 9.87. The van der Waals surface area contributed by atoms with Crippen molar-refractivity contribution in [2.24, 2.45) is 5.92 Å². The van der Waals surface area contributed by atoms with Crippen LogP contribution in [0.4, 0.5) is 0 Å². The van der Waals surface area contributed by atoms with E-state index in [0.717, 1.165) is 6.42 Å². The fraction of sp³-hybridized carbons (Fsp3) is 0.929. The number of hydrogen-bond donors (Lipinski definition) is 2. The molecule has 1 amide bonds. The highest BCUT2D eigenvalue weighted by Gasteiger charge is 2.13. The molecule has 0 saturated heterocycles. The highest BCUT2D eigenvalue weighted by atomic mass is 16.7. The van der Waals surface area contributed by atoms with Crippen LogP contribution in [0, 0.1) is 5.92 Å². The number of nitrogens with one attached hydrogen (secondary N) is 2. The standard InChI is InChI=1S/C14H30N2O3/c1-6-18-13(19-7-2)8-9-15-12(5)14(17)16-10-11(3)4/h11-13,15H,6-10H2,1-5H3,(H,16,17). The van der Waals surface area contributed by atoms with Gasteiger partial charge in [0, 0.05) is 32.7 Å². The molecule has 0 aromatic rings. The maximum absolute atomic E-state index is 11.7. The van der Waals surface area contributed by atoms with E-state index in [9.17, 15) is 4.79 Å². The molecule has 0 aliphatic carbocycles. The van der Waals surface area contributed by atoms with Crippen molar-refractivity contribution in [1.82, 2.24) is 10.6 Å². The molecule has 0 aliphatic rings. The second-order valence-electron chi connectivity index (χ2n) is 4.94. The van der Waals surface area contributed by atoms with Crippen molar-refractivity contribution < 1.29 is 14.3 Å². The number of carbonyl (C=O) groups is 1. The summed E-state index contributed by atoms with van der Waals surface area (Å²) in [7, 11) is 0. The average molecular weight is 274 g/mol. The molecule has 0 rings (SSSR count). The first-order chi connectivity index (χ1) is 9.01. The van der Waals surface area contributed by atoms with Gasteiger partial charge in [0.2, 0.25) is 5.91 Å². The van der Waals surface area contributed by atoms with E-state index in [0.29, 0.717) is 32.2 Å². The minimum Gasteiger partial charge on any atom is -0.354 e. The van der Waals surface area contributed by atoms with E-state index in [1.807, 2.05) is 20.8 Å². The number of hydrogen-bond acceptors (Lipinski definition) is 4. The topological polar surface area (TPSA) is 59.6 Å². The van der Waals surface area contributed by atoms with Gasteiger partial charge in [-0.3, -0.25) is 4.79 Å². The molecule has 0 radical (unpaired) electrons. The van der Waals surface area contributed by atoms with Crippen molar-refractivity contribution in [3.05, 3.63) is 0 Å². The molecule has 0 bridgehead atoms. The molecule has 0 aromatic carbocycles. The zero-order valence-electron chi connectivity index (χ0n) is 13.0. The van der Waals surface area contributed by atoms with E-state index in [4.69, 9.17) is 9.47 Å². The van der Waals surface area contributed by atoms with Crippen molar-refractivity contribution in [2.75, 3.05) is 26.3 Å². The first-order valence-electron chi connectivity index (χ1n) is 7.25. The first-order valence-corrected chi connectivity index (χ1v) is 7.25. The molecule has 0 fully saturated rings. The van der Waals surface area contributed by atoms with Crippen LogP contribution in [0.25, 0.3) is 0 Å².